The van der Waals surface area contributed by atoms with Crippen LogP contribution < -0.4 is 4.74 Å². The molecule has 19 heavy (non-hydrogen) atoms. The number of aryl methyl sites for hydroxylation is 2. The monoisotopic (exact) mass is 260 g/mol. The lowest BCUT2D eigenvalue weighted by Crippen LogP contribution is -1.97. The van der Waals surface area contributed by atoms with E-state index in [9.17, 15) is 0 Å². The molecule has 0 fully saturated rings. The largest absolute Gasteiger partial charge is 0.496 e. The Kier molecular flexibility index (Phi) is 4.49. The molecule has 0 bridgehead atoms. The van der Waals surface area contributed by atoms with E-state index in [1.54, 1.807) is 7.11 Å². The van der Waals surface area contributed by atoms with E-state index in [0.717, 1.165) is 30.8 Å². The molecule has 1 N–H and O–H groups in total. The molecule has 5 heteroatoms. The van der Waals surface area contributed by atoms with Gasteiger partial charge >= 0.3 is 0 Å². The molecule has 0 saturated carbocycles. The van der Waals surface area contributed by atoms with E-state index in [-0.39, 0.29) is 0 Å². The average molecular weight is 260 g/mol. The molecule has 5 nitrogen and oxygen atoms in total. The number of H-pyrrole nitrogens is 1. The second-order valence-corrected chi connectivity index (χ2v) is 4.91. The van der Waals surface area contributed by atoms with Crippen LogP contribution in [0.5, 0.6) is 5.75 Å². The van der Waals surface area contributed by atoms with Crippen LogP contribution in [0.1, 0.15) is 43.1 Å². The lowest BCUT2D eigenvalue weighted by Gasteiger charge is -2.12. The van der Waals surface area contributed by atoms with Crippen molar-refractivity contribution in [3.63, 3.8) is 0 Å². The van der Waals surface area contributed by atoms with Crippen molar-refractivity contribution >= 4 is 0 Å². The fraction of sp³-hybridized carbons (Fsp3) is 0.500. The molecule has 0 aliphatic heterocycles. The Labute approximate surface area is 113 Å². The molecule has 0 saturated heterocycles. The van der Waals surface area contributed by atoms with Crippen molar-refractivity contribution < 1.29 is 4.74 Å². The summed E-state index contributed by atoms with van der Waals surface area (Å²) in [6.45, 7) is 4.37. The Hall–Kier alpha value is -1.91. The molecule has 0 aliphatic rings. The zero-order chi connectivity index (χ0) is 13.7. The third-order valence-electron chi connectivity index (χ3n) is 3.21. The lowest BCUT2D eigenvalue weighted by atomic mass is 9.99. The highest BCUT2D eigenvalue weighted by atomic mass is 16.5. The van der Waals surface area contributed by atoms with Crippen molar-refractivity contribution in [2.75, 3.05) is 7.11 Å². The van der Waals surface area contributed by atoms with Gasteiger partial charge in [0.05, 0.1) is 7.11 Å². The quantitative estimate of drug-likeness (QED) is 0.866. The molecule has 102 valence electrons. The summed E-state index contributed by atoms with van der Waals surface area (Å²) in [7, 11) is 1.72. The van der Waals surface area contributed by atoms with E-state index in [1.165, 1.54) is 11.1 Å². The number of aromatic amines is 1. The maximum Gasteiger partial charge on any atom is 0.174 e. The highest BCUT2D eigenvalue weighted by Gasteiger charge is 2.07. The van der Waals surface area contributed by atoms with Crippen molar-refractivity contribution in [1.82, 2.24) is 20.6 Å². The van der Waals surface area contributed by atoms with Crippen molar-refractivity contribution in [3.8, 4) is 5.75 Å². The fourth-order valence-electron chi connectivity index (χ4n) is 2.05. The number of nitrogens with zero attached hydrogens (tertiary/aromatic N) is 3. The molecule has 0 unspecified atom stereocenters. The van der Waals surface area contributed by atoms with Crippen LogP contribution in [0.2, 0.25) is 0 Å². The van der Waals surface area contributed by atoms with E-state index >= 15 is 0 Å². The topological polar surface area (TPSA) is 63.7 Å². The summed E-state index contributed by atoms with van der Waals surface area (Å²) in [5.74, 6) is 2.25. The zero-order valence-corrected chi connectivity index (χ0v) is 11.7. The van der Waals surface area contributed by atoms with Gasteiger partial charge in [-0.3, -0.25) is 0 Å². The van der Waals surface area contributed by atoms with Gasteiger partial charge in [-0.05, 0) is 36.0 Å². The van der Waals surface area contributed by atoms with Crippen LogP contribution in [0.25, 0.3) is 0 Å². The standard InChI is InChI=1S/C14H20N4O/c1-10(2)12-8-7-11(13(9-12)19-3)5-4-6-14-15-17-18-16-14/h7-10H,4-6H2,1-3H3,(H,15,16,17,18). The molecule has 0 radical (unpaired) electrons. The maximum absolute atomic E-state index is 5.47. The smallest absolute Gasteiger partial charge is 0.174 e. The summed E-state index contributed by atoms with van der Waals surface area (Å²) < 4.78 is 5.47. The highest BCUT2D eigenvalue weighted by molar-refractivity contribution is 5.38. The van der Waals surface area contributed by atoms with Gasteiger partial charge in [-0.2, -0.15) is 5.21 Å². The number of benzene rings is 1. The third kappa shape index (κ3) is 3.53. The second-order valence-electron chi connectivity index (χ2n) is 4.91. The van der Waals surface area contributed by atoms with Gasteiger partial charge < -0.3 is 4.74 Å². The van der Waals surface area contributed by atoms with Crippen LogP contribution in [0, 0.1) is 0 Å². The Balaban J connectivity index is 1.99. The van der Waals surface area contributed by atoms with Crippen LogP contribution in [0.15, 0.2) is 18.2 Å². The van der Waals surface area contributed by atoms with Gasteiger partial charge in [-0.15, -0.1) is 10.2 Å². The van der Waals surface area contributed by atoms with E-state index in [0.29, 0.717) is 5.92 Å². The fourth-order valence-corrected chi connectivity index (χ4v) is 2.05. The molecule has 2 rings (SSSR count). The van der Waals surface area contributed by atoms with Crippen LogP contribution in [-0.2, 0) is 12.8 Å². The molecule has 0 spiro atoms. The Bertz CT molecular complexity index is 508. The van der Waals surface area contributed by atoms with Crippen molar-refractivity contribution in [2.24, 2.45) is 0 Å². The lowest BCUT2D eigenvalue weighted by molar-refractivity contribution is 0.408. The summed E-state index contributed by atoms with van der Waals surface area (Å²) in [5.41, 5.74) is 2.54. The van der Waals surface area contributed by atoms with Gasteiger partial charge in [0, 0.05) is 6.42 Å². The van der Waals surface area contributed by atoms with Crippen LogP contribution >= 0.6 is 0 Å². The van der Waals surface area contributed by atoms with E-state index in [4.69, 9.17) is 4.74 Å². The number of hydrogen-bond acceptors (Lipinski definition) is 4. The van der Waals surface area contributed by atoms with Gasteiger partial charge in [-0.1, -0.05) is 31.2 Å². The van der Waals surface area contributed by atoms with Crippen molar-refractivity contribution in [2.45, 2.75) is 39.0 Å². The van der Waals surface area contributed by atoms with Gasteiger partial charge in [0.25, 0.3) is 0 Å². The van der Waals surface area contributed by atoms with Gasteiger partial charge in [-0.25, -0.2) is 0 Å². The van der Waals surface area contributed by atoms with Crippen molar-refractivity contribution in [3.05, 3.63) is 35.2 Å². The average Bonchev–Trinajstić information content (AvgIpc) is 2.92. The second kappa shape index (κ2) is 6.31. The predicted molar refractivity (Wildman–Crippen MR) is 73.3 cm³/mol. The number of hydrogen-bond donors (Lipinski definition) is 1. The third-order valence-corrected chi connectivity index (χ3v) is 3.21. The summed E-state index contributed by atoms with van der Waals surface area (Å²) >= 11 is 0. The number of rotatable bonds is 6. The molecular weight excluding hydrogens is 240 g/mol. The van der Waals surface area contributed by atoms with Gasteiger partial charge in [0.2, 0.25) is 0 Å². The summed E-state index contributed by atoms with van der Waals surface area (Å²) in [4.78, 5) is 0. The minimum absolute atomic E-state index is 0.516. The number of tetrazole rings is 1. The first kappa shape index (κ1) is 13.5. The van der Waals surface area contributed by atoms with Crippen molar-refractivity contribution in [1.29, 1.82) is 0 Å². The molecule has 0 aliphatic carbocycles. The normalized spacial score (nSPS) is 10.9. The summed E-state index contributed by atoms with van der Waals surface area (Å²) in [6.07, 6.45) is 2.76. The number of ether oxygens (including phenoxy) is 1. The molecule has 0 amide bonds. The van der Waals surface area contributed by atoms with Gasteiger partial charge in [0.15, 0.2) is 5.82 Å². The van der Waals surface area contributed by atoms with E-state index in [2.05, 4.69) is 52.7 Å². The van der Waals surface area contributed by atoms with E-state index in [1.807, 2.05) is 0 Å². The molecule has 1 aromatic carbocycles. The maximum atomic E-state index is 5.47. The van der Waals surface area contributed by atoms with E-state index < -0.39 is 0 Å². The first-order chi connectivity index (χ1) is 9.20. The number of aromatic nitrogens is 4. The predicted octanol–water partition coefficient (Wildman–Crippen LogP) is 2.51. The van der Waals surface area contributed by atoms with Crippen LogP contribution in [0.3, 0.4) is 0 Å². The van der Waals surface area contributed by atoms with Crippen LogP contribution in [-0.4, -0.2) is 27.7 Å². The Morgan fingerprint density at radius 1 is 1.26 bits per heavy atom. The van der Waals surface area contributed by atoms with Gasteiger partial charge in [0.1, 0.15) is 5.75 Å². The first-order valence-electron chi connectivity index (χ1n) is 6.60. The molecule has 1 heterocycles. The summed E-state index contributed by atoms with van der Waals surface area (Å²) in [6, 6.07) is 6.47. The summed E-state index contributed by atoms with van der Waals surface area (Å²) in [5, 5.41) is 13.9. The zero-order valence-electron chi connectivity index (χ0n) is 11.7. The molecular formula is C14H20N4O. The number of nitrogens with one attached hydrogen (secondary N) is 1. The minimum atomic E-state index is 0.516. The molecule has 2 aromatic rings. The Morgan fingerprint density at radius 3 is 2.74 bits per heavy atom. The highest BCUT2D eigenvalue weighted by Crippen LogP contribution is 2.25. The first-order valence-corrected chi connectivity index (χ1v) is 6.60. The molecule has 1 aromatic heterocycles. The minimum Gasteiger partial charge on any atom is -0.496 e. The Morgan fingerprint density at radius 2 is 2.11 bits per heavy atom. The van der Waals surface area contributed by atoms with Crippen LogP contribution in [0.4, 0.5) is 0 Å². The molecule has 0 atom stereocenters. The SMILES string of the molecule is COc1cc(C(C)C)ccc1CCCc1nn[nH]n1. The number of methoxy groups -OCH3 is 1.